The lowest BCUT2D eigenvalue weighted by Crippen LogP contribution is -2.26. The molecule has 1 aliphatic rings. The van der Waals surface area contributed by atoms with E-state index in [-0.39, 0.29) is 5.91 Å². The molecule has 0 aromatic heterocycles. The SMILES string of the molecule is [B]c1ccc(C(=O)NC2CC2)c(C)c1. The van der Waals surface area contributed by atoms with Gasteiger partial charge in [-0.3, -0.25) is 4.79 Å². The normalized spacial score (nSPS) is 15.2. The summed E-state index contributed by atoms with van der Waals surface area (Å²) in [5.41, 5.74) is 2.36. The van der Waals surface area contributed by atoms with Crippen LogP contribution in [0.25, 0.3) is 0 Å². The van der Waals surface area contributed by atoms with Gasteiger partial charge in [-0.05, 0) is 31.4 Å². The molecule has 1 fully saturated rings. The number of carbonyl (C=O) groups excluding carboxylic acids is 1. The predicted molar refractivity (Wildman–Crippen MR) is 57.1 cm³/mol. The Morgan fingerprint density at radius 2 is 2.21 bits per heavy atom. The van der Waals surface area contributed by atoms with Crippen LogP contribution in [0, 0.1) is 6.92 Å². The quantitative estimate of drug-likeness (QED) is 0.674. The maximum Gasteiger partial charge on any atom is 0.251 e. The van der Waals surface area contributed by atoms with Crippen molar-refractivity contribution in [2.75, 3.05) is 0 Å². The van der Waals surface area contributed by atoms with E-state index in [0.717, 1.165) is 24.0 Å². The van der Waals surface area contributed by atoms with Gasteiger partial charge in [-0.15, -0.1) is 0 Å². The molecule has 3 heteroatoms. The van der Waals surface area contributed by atoms with Crippen LogP contribution in [0.15, 0.2) is 18.2 Å². The molecule has 0 heterocycles. The Hall–Kier alpha value is -1.25. The van der Waals surface area contributed by atoms with Crippen LogP contribution in [-0.2, 0) is 0 Å². The molecule has 0 unspecified atom stereocenters. The minimum Gasteiger partial charge on any atom is -0.349 e. The van der Waals surface area contributed by atoms with Gasteiger partial charge in [-0.25, -0.2) is 0 Å². The third kappa shape index (κ3) is 1.98. The first kappa shape index (κ1) is 9.32. The van der Waals surface area contributed by atoms with Crippen molar-refractivity contribution in [2.24, 2.45) is 0 Å². The maximum absolute atomic E-state index is 11.7. The number of carbonyl (C=O) groups is 1. The van der Waals surface area contributed by atoms with E-state index >= 15 is 0 Å². The molecular formula is C11H12BNO. The minimum atomic E-state index is 0.0185. The van der Waals surface area contributed by atoms with E-state index in [4.69, 9.17) is 7.85 Å². The Balaban J connectivity index is 2.17. The van der Waals surface area contributed by atoms with Crippen LogP contribution in [0.3, 0.4) is 0 Å². The zero-order valence-corrected chi connectivity index (χ0v) is 8.21. The number of rotatable bonds is 2. The first-order valence-electron chi connectivity index (χ1n) is 4.84. The van der Waals surface area contributed by atoms with Crippen molar-refractivity contribution < 1.29 is 4.79 Å². The van der Waals surface area contributed by atoms with Gasteiger partial charge in [0.2, 0.25) is 0 Å². The molecule has 1 aliphatic carbocycles. The fourth-order valence-corrected chi connectivity index (χ4v) is 1.43. The first-order chi connectivity index (χ1) is 6.66. The third-order valence-corrected chi connectivity index (χ3v) is 2.41. The number of hydrogen-bond acceptors (Lipinski definition) is 1. The molecule has 2 radical (unpaired) electrons. The van der Waals surface area contributed by atoms with Gasteiger partial charge >= 0.3 is 0 Å². The zero-order valence-electron chi connectivity index (χ0n) is 8.21. The summed E-state index contributed by atoms with van der Waals surface area (Å²) in [6.07, 6.45) is 2.22. The fourth-order valence-electron chi connectivity index (χ4n) is 1.43. The van der Waals surface area contributed by atoms with E-state index in [9.17, 15) is 4.79 Å². The topological polar surface area (TPSA) is 29.1 Å². The van der Waals surface area contributed by atoms with Crippen molar-refractivity contribution in [1.29, 1.82) is 0 Å². The summed E-state index contributed by atoms with van der Waals surface area (Å²) < 4.78 is 0. The van der Waals surface area contributed by atoms with E-state index in [0.29, 0.717) is 11.5 Å². The molecule has 14 heavy (non-hydrogen) atoms. The highest BCUT2D eigenvalue weighted by atomic mass is 16.1. The Labute approximate surface area is 85.1 Å². The highest BCUT2D eigenvalue weighted by molar-refractivity contribution is 6.32. The van der Waals surface area contributed by atoms with Gasteiger partial charge in [-0.1, -0.05) is 17.6 Å². The van der Waals surface area contributed by atoms with Crippen LogP contribution < -0.4 is 10.8 Å². The Kier molecular flexibility index (Phi) is 2.32. The van der Waals surface area contributed by atoms with E-state index < -0.39 is 0 Å². The Morgan fingerprint density at radius 1 is 1.50 bits per heavy atom. The number of amides is 1. The summed E-state index contributed by atoms with van der Waals surface area (Å²) in [4.78, 5) is 11.7. The van der Waals surface area contributed by atoms with Gasteiger partial charge in [0.1, 0.15) is 7.85 Å². The summed E-state index contributed by atoms with van der Waals surface area (Å²) >= 11 is 0. The van der Waals surface area contributed by atoms with Crippen molar-refractivity contribution in [3.8, 4) is 0 Å². The van der Waals surface area contributed by atoms with Gasteiger partial charge in [-0.2, -0.15) is 0 Å². The average Bonchev–Trinajstić information content (AvgIpc) is 2.87. The number of nitrogens with one attached hydrogen (secondary N) is 1. The van der Waals surface area contributed by atoms with Crippen LogP contribution in [0.2, 0.25) is 0 Å². The second-order valence-electron chi connectivity index (χ2n) is 3.82. The standard InChI is InChI=1S/C11H12BNO/c1-7-6-8(12)2-5-10(7)11(14)13-9-3-4-9/h2,5-6,9H,3-4H2,1H3,(H,13,14). The highest BCUT2D eigenvalue weighted by Gasteiger charge is 2.24. The molecule has 0 spiro atoms. The van der Waals surface area contributed by atoms with E-state index in [2.05, 4.69) is 5.32 Å². The fraction of sp³-hybridized carbons (Fsp3) is 0.364. The average molecular weight is 185 g/mol. The second-order valence-corrected chi connectivity index (χ2v) is 3.82. The molecule has 2 rings (SSSR count). The van der Waals surface area contributed by atoms with Gasteiger partial charge in [0, 0.05) is 11.6 Å². The molecule has 1 N–H and O–H groups in total. The molecule has 2 nitrogen and oxygen atoms in total. The molecule has 0 atom stereocenters. The Morgan fingerprint density at radius 3 is 2.79 bits per heavy atom. The lowest BCUT2D eigenvalue weighted by Gasteiger charge is -2.07. The van der Waals surface area contributed by atoms with E-state index in [1.807, 2.05) is 13.0 Å². The largest absolute Gasteiger partial charge is 0.349 e. The predicted octanol–water partition coefficient (Wildman–Crippen LogP) is 0.681. The number of hydrogen-bond donors (Lipinski definition) is 1. The molecule has 70 valence electrons. The van der Waals surface area contributed by atoms with Crippen LogP contribution >= 0.6 is 0 Å². The van der Waals surface area contributed by atoms with Crippen LogP contribution in [0.4, 0.5) is 0 Å². The van der Waals surface area contributed by atoms with Gasteiger partial charge < -0.3 is 5.32 Å². The van der Waals surface area contributed by atoms with Gasteiger partial charge in [0.25, 0.3) is 5.91 Å². The van der Waals surface area contributed by atoms with Gasteiger partial charge in [0.05, 0.1) is 0 Å². The smallest absolute Gasteiger partial charge is 0.251 e. The van der Waals surface area contributed by atoms with Crippen molar-refractivity contribution in [2.45, 2.75) is 25.8 Å². The van der Waals surface area contributed by atoms with Crippen LogP contribution in [0.5, 0.6) is 0 Å². The lowest BCUT2D eigenvalue weighted by atomic mass is 9.92. The summed E-state index contributed by atoms with van der Waals surface area (Å²) in [6.45, 7) is 1.90. The van der Waals surface area contributed by atoms with Crippen LogP contribution in [-0.4, -0.2) is 19.8 Å². The molecule has 1 saturated carbocycles. The molecule has 0 bridgehead atoms. The summed E-state index contributed by atoms with van der Waals surface area (Å²) in [5.74, 6) is 0.0185. The lowest BCUT2D eigenvalue weighted by molar-refractivity contribution is 0.0950. The molecule has 1 aromatic rings. The van der Waals surface area contributed by atoms with E-state index in [1.54, 1.807) is 12.1 Å². The molecule has 1 amide bonds. The van der Waals surface area contributed by atoms with Crippen molar-refractivity contribution >= 4 is 19.2 Å². The summed E-state index contributed by atoms with van der Waals surface area (Å²) in [7, 11) is 5.61. The number of benzene rings is 1. The first-order valence-corrected chi connectivity index (χ1v) is 4.84. The summed E-state index contributed by atoms with van der Waals surface area (Å²) in [6, 6.07) is 5.76. The van der Waals surface area contributed by atoms with Crippen molar-refractivity contribution in [1.82, 2.24) is 5.32 Å². The Bertz CT molecular complexity index is 372. The molecule has 1 aromatic carbocycles. The summed E-state index contributed by atoms with van der Waals surface area (Å²) in [5, 5.41) is 2.95. The number of aryl methyl sites for hydroxylation is 1. The monoisotopic (exact) mass is 185 g/mol. The van der Waals surface area contributed by atoms with Gasteiger partial charge in [0.15, 0.2) is 0 Å². The molecule has 0 aliphatic heterocycles. The molecular weight excluding hydrogens is 173 g/mol. The second kappa shape index (κ2) is 3.48. The zero-order chi connectivity index (χ0) is 10.1. The van der Waals surface area contributed by atoms with Crippen molar-refractivity contribution in [3.63, 3.8) is 0 Å². The third-order valence-electron chi connectivity index (χ3n) is 2.41. The highest BCUT2D eigenvalue weighted by Crippen LogP contribution is 2.19. The maximum atomic E-state index is 11.7. The minimum absolute atomic E-state index is 0.0185. The van der Waals surface area contributed by atoms with Crippen molar-refractivity contribution in [3.05, 3.63) is 29.3 Å². The molecule has 0 saturated heterocycles. The van der Waals surface area contributed by atoms with E-state index in [1.165, 1.54) is 0 Å². The van der Waals surface area contributed by atoms with Crippen LogP contribution in [0.1, 0.15) is 28.8 Å².